The number of aromatic nitrogens is 1. The van der Waals surface area contributed by atoms with Gasteiger partial charge in [0.1, 0.15) is 9.90 Å². The van der Waals surface area contributed by atoms with Crippen molar-refractivity contribution in [1.82, 2.24) is 9.71 Å². The van der Waals surface area contributed by atoms with Crippen LogP contribution in [0.2, 0.25) is 5.02 Å². The summed E-state index contributed by atoms with van der Waals surface area (Å²) in [5, 5.41) is 1.94. The second kappa shape index (κ2) is 5.41. The van der Waals surface area contributed by atoms with E-state index in [2.05, 4.69) is 9.71 Å². The maximum atomic E-state index is 13.7. The van der Waals surface area contributed by atoms with E-state index in [1.54, 1.807) is 11.6 Å². The Hall–Kier alpha value is -1.22. The lowest BCUT2D eigenvalue weighted by atomic mass is 10.3. The van der Waals surface area contributed by atoms with Gasteiger partial charge in [0.15, 0.2) is 5.82 Å². The third-order valence-electron chi connectivity index (χ3n) is 2.20. The second-order valence-corrected chi connectivity index (χ2v) is 6.69. The summed E-state index contributed by atoms with van der Waals surface area (Å²) in [6.07, 6.45) is 1.55. The number of hydrogen-bond acceptors (Lipinski definition) is 5. The first kappa shape index (κ1) is 14.2. The van der Waals surface area contributed by atoms with Crippen LogP contribution in [0, 0.1) is 5.82 Å². The molecule has 0 saturated heterocycles. The molecule has 102 valence electrons. The average Bonchev–Trinajstić information content (AvgIpc) is 2.84. The van der Waals surface area contributed by atoms with Crippen molar-refractivity contribution in [3.05, 3.63) is 39.6 Å². The molecule has 1 aromatic heterocycles. The minimum atomic E-state index is -4.03. The fraction of sp³-hybridized carbons (Fsp3) is 0.100. The van der Waals surface area contributed by atoms with E-state index in [0.29, 0.717) is 5.01 Å². The number of hydrogen-bond donors (Lipinski definition) is 2. The van der Waals surface area contributed by atoms with Crippen LogP contribution >= 0.6 is 22.9 Å². The number of nitrogens with zero attached hydrogens (tertiary/aromatic N) is 1. The number of anilines is 1. The number of nitrogens with two attached hydrogens (primary N) is 1. The van der Waals surface area contributed by atoms with E-state index in [1.807, 2.05) is 0 Å². The molecule has 0 unspecified atom stereocenters. The van der Waals surface area contributed by atoms with Gasteiger partial charge >= 0.3 is 0 Å². The molecule has 0 bridgehead atoms. The highest BCUT2D eigenvalue weighted by Crippen LogP contribution is 2.25. The van der Waals surface area contributed by atoms with Crippen molar-refractivity contribution in [3.8, 4) is 0 Å². The van der Waals surface area contributed by atoms with Crippen molar-refractivity contribution >= 4 is 38.6 Å². The number of benzene rings is 1. The predicted molar refractivity (Wildman–Crippen MR) is 72.0 cm³/mol. The molecule has 0 saturated carbocycles. The third-order valence-corrected chi connectivity index (χ3v) is 4.66. The van der Waals surface area contributed by atoms with Crippen LogP contribution in [0.3, 0.4) is 0 Å². The molecule has 0 radical (unpaired) electrons. The van der Waals surface area contributed by atoms with Crippen molar-refractivity contribution in [3.63, 3.8) is 0 Å². The zero-order valence-electron chi connectivity index (χ0n) is 9.43. The molecule has 19 heavy (non-hydrogen) atoms. The predicted octanol–water partition coefficient (Wildman–Crippen LogP) is 2.00. The Morgan fingerprint density at radius 3 is 2.84 bits per heavy atom. The van der Waals surface area contributed by atoms with Crippen LogP contribution in [-0.4, -0.2) is 13.4 Å². The van der Waals surface area contributed by atoms with Gasteiger partial charge in [-0.15, -0.1) is 11.3 Å². The number of rotatable bonds is 4. The molecular weight excluding hydrogens is 313 g/mol. The maximum absolute atomic E-state index is 13.7. The molecule has 3 N–H and O–H groups in total. The summed E-state index contributed by atoms with van der Waals surface area (Å²) in [5.74, 6) is -1.03. The van der Waals surface area contributed by atoms with Crippen molar-refractivity contribution in [2.24, 2.45) is 0 Å². The van der Waals surface area contributed by atoms with E-state index in [1.165, 1.54) is 11.3 Å². The first-order valence-corrected chi connectivity index (χ1v) is 7.77. The lowest BCUT2D eigenvalue weighted by Gasteiger charge is -2.08. The lowest BCUT2D eigenvalue weighted by molar-refractivity contribution is 0.557. The minimum Gasteiger partial charge on any atom is -0.399 e. The smallest absolute Gasteiger partial charge is 0.244 e. The van der Waals surface area contributed by atoms with Gasteiger partial charge in [0.2, 0.25) is 10.0 Å². The molecule has 0 aliphatic carbocycles. The van der Waals surface area contributed by atoms with Gasteiger partial charge in [0, 0.05) is 17.3 Å². The van der Waals surface area contributed by atoms with E-state index >= 15 is 0 Å². The van der Waals surface area contributed by atoms with Gasteiger partial charge in [-0.05, 0) is 12.1 Å². The normalized spacial score (nSPS) is 11.7. The Bertz CT molecular complexity index is 689. The summed E-state index contributed by atoms with van der Waals surface area (Å²) >= 11 is 6.85. The highest BCUT2D eigenvalue weighted by atomic mass is 35.5. The van der Waals surface area contributed by atoms with Gasteiger partial charge in [-0.25, -0.2) is 22.5 Å². The van der Waals surface area contributed by atoms with Crippen molar-refractivity contribution in [2.45, 2.75) is 11.4 Å². The standard InChI is InChI=1S/C10H9ClFN3O2S2/c11-7-3-6(13)4-8(10(7)12)19(16,17)15-5-9-14-1-2-18-9/h1-4,15H,5,13H2. The first-order chi connectivity index (χ1) is 8.90. The second-order valence-electron chi connectivity index (χ2n) is 3.57. The molecule has 0 fully saturated rings. The molecule has 0 amide bonds. The first-order valence-electron chi connectivity index (χ1n) is 5.02. The van der Waals surface area contributed by atoms with Gasteiger partial charge in [-0.2, -0.15) is 0 Å². The highest BCUT2D eigenvalue weighted by Gasteiger charge is 2.22. The third kappa shape index (κ3) is 3.21. The van der Waals surface area contributed by atoms with E-state index < -0.39 is 20.7 Å². The van der Waals surface area contributed by atoms with Gasteiger partial charge in [-0.3, -0.25) is 0 Å². The van der Waals surface area contributed by atoms with E-state index in [9.17, 15) is 12.8 Å². The van der Waals surface area contributed by atoms with Crippen molar-refractivity contribution in [2.75, 3.05) is 5.73 Å². The molecule has 0 aliphatic rings. The molecule has 0 spiro atoms. The van der Waals surface area contributed by atoms with E-state index in [-0.39, 0.29) is 17.3 Å². The molecule has 9 heteroatoms. The summed E-state index contributed by atoms with van der Waals surface area (Å²) in [5.41, 5.74) is 5.53. The van der Waals surface area contributed by atoms with Gasteiger partial charge in [0.25, 0.3) is 0 Å². The summed E-state index contributed by atoms with van der Waals surface area (Å²) in [4.78, 5) is 3.34. The number of nitrogen functional groups attached to an aromatic ring is 1. The summed E-state index contributed by atoms with van der Waals surface area (Å²) in [7, 11) is -4.03. The highest BCUT2D eigenvalue weighted by molar-refractivity contribution is 7.89. The van der Waals surface area contributed by atoms with Gasteiger partial charge in [0.05, 0.1) is 11.6 Å². The lowest BCUT2D eigenvalue weighted by Crippen LogP contribution is -2.24. The summed E-state index contributed by atoms with van der Waals surface area (Å²) < 4.78 is 39.9. The number of nitrogens with one attached hydrogen (secondary N) is 1. The largest absolute Gasteiger partial charge is 0.399 e. The molecule has 5 nitrogen and oxygen atoms in total. The number of sulfonamides is 1. The van der Waals surface area contributed by atoms with E-state index in [4.69, 9.17) is 17.3 Å². The summed E-state index contributed by atoms with van der Waals surface area (Å²) in [6.45, 7) is -0.0220. The molecule has 0 aliphatic heterocycles. The maximum Gasteiger partial charge on any atom is 0.244 e. The Kier molecular flexibility index (Phi) is 4.04. The minimum absolute atomic E-state index is 0.0220. The zero-order valence-corrected chi connectivity index (χ0v) is 11.8. The quantitative estimate of drug-likeness (QED) is 0.843. The Labute approximate surface area is 118 Å². The molecule has 0 atom stereocenters. The van der Waals surface area contributed by atoms with Crippen LogP contribution in [-0.2, 0) is 16.6 Å². The van der Waals surface area contributed by atoms with Crippen molar-refractivity contribution in [1.29, 1.82) is 0 Å². The molecule has 1 heterocycles. The van der Waals surface area contributed by atoms with Crippen LogP contribution in [0.15, 0.2) is 28.6 Å². The van der Waals surface area contributed by atoms with Crippen LogP contribution in [0.1, 0.15) is 5.01 Å². The topological polar surface area (TPSA) is 85.1 Å². The van der Waals surface area contributed by atoms with Gasteiger partial charge in [-0.1, -0.05) is 11.6 Å². The van der Waals surface area contributed by atoms with Crippen LogP contribution in [0.25, 0.3) is 0 Å². The van der Waals surface area contributed by atoms with Gasteiger partial charge < -0.3 is 5.73 Å². The Morgan fingerprint density at radius 1 is 1.47 bits per heavy atom. The van der Waals surface area contributed by atoms with E-state index in [0.717, 1.165) is 12.1 Å². The monoisotopic (exact) mass is 321 g/mol. The summed E-state index contributed by atoms with van der Waals surface area (Å²) in [6, 6.07) is 2.17. The Morgan fingerprint density at radius 2 is 2.21 bits per heavy atom. The van der Waals surface area contributed by atoms with Crippen molar-refractivity contribution < 1.29 is 12.8 Å². The Balaban J connectivity index is 2.29. The average molecular weight is 322 g/mol. The van der Waals surface area contributed by atoms with Crippen LogP contribution in [0.5, 0.6) is 0 Å². The molecule has 2 aromatic rings. The number of halogens is 2. The fourth-order valence-electron chi connectivity index (χ4n) is 1.35. The van der Waals surface area contributed by atoms with Crippen LogP contribution < -0.4 is 10.5 Å². The number of thiazole rings is 1. The molecule has 2 rings (SSSR count). The van der Waals surface area contributed by atoms with Crippen LogP contribution in [0.4, 0.5) is 10.1 Å². The molecular formula is C10H9ClFN3O2S2. The fourth-order valence-corrected chi connectivity index (χ4v) is 3.40. The zero-order chi connectivity index (χ0) is 14.0. The molecule has 1 aromatic carbocycles. The SMILES string of the molecule is Nc1cc(Cl)c(F)c(S(=O)(=O)NCc2nccs2)c1.